The number of benzene rings is 2. The molecule has 3 nitrogen and oxygen atoms in total. The zero-order valence-corrected chi connectivity index (χ0v) is 20.9. The number of nitrogens with zero attached hydrogens (tertiary/aromatic N) is 1. The molecular weight excluding hydrogens is 590 g/mol. The van der Waals surface area contributed by atoms with Gasteiger partial charge >= 0.3 is 0 Å². The SMILES string of the molecule is C[N+](c1cc(Br)cc(Br)c1N)(c1cc(Br)cc(Br)c1N)C1CCCCC1. The van der Waals surface area contributed by atoms with Crippen LogP contribution in [-0.2, 0) is 0 Å². The lowest BCUT2D eigenvalue weighted by molar-refractivity contribution is 0.261. The second kappa shape index (κ2) is 8.11. The maximum atomic E-state index is 6.56. The molecule has 2 aromatic rings. The van der Waals surface area contributed by atoms with Crippen LogP contribution in [0.2, 0.25) is 0 Å². The molecule has 140 valence electrons. The van der Waals surface area contributed by atoms with Gasteiger partial charge in [0, 0.05) is 42.9 Å². The van der Waals surface area contributed by atoms with Gasteiger partial charge in [0.15, 0.2) is 11.4 Å². The smallest absolute Gasteiger partial charge is 0.163 e. The number of halogens is 4. The van der Waals surface area contributed by atoms with Crippen molar-refractivity contribution in [2.45, 2.75) is 38.1 Å². The van der Waals surface area contributed by atoms with Crippen molar-refractivity contribution < 1.29 is 0 Å². The molecule has 0 radical (unpaired) electrons. The second-order valence-electron chi connectivity index (χ2n) is 7.01. The van der Waals surface area contributed by atoms with Crippen LogP contribution >= 0.6 is 63.7 Å². The van der Waals surface area contributed by atoms with Gasteiger partial charge in [0.1, 0.15) is 11.4 Å². The first-order chi connectivity index (χ1) is 12.2. The Kier molecular flexibility index (Phi) is 6.44. The fraction of sp³-hybridized carbons (Fsp3) is 0.368. The molecule has 0 bridgehead atoms. The highest BCUT2D eigenvalue weighted by Crippen LogP contribution is 2.50. The lowest BCUT2D eigenvalue weighted by Gasteiger charge is -2.43. The van der Waals surface area contributed by atoms with E-state index in [1.165, 1.54) is 19.3 Å². The topological polar surface area (TPSA) is 52.0 Å². The van der Waals surface area contributed by atoms with Gasteiger partial charge in [-0.2, -0.15) is 0 Å². The summed E-state index contributed by atoms with van der Waals surface area (Å²) in [5.41, 5.74) is 16.8. The second-order valence-corrected chi connectivity index (χ2v) is 10.5. The van der Waals surface area contributed by atoms with E-state index >= 15 is 0 Å². The first-order valence-electron chi connectivity index (χ1n) is 8.61. The number of nitrogens with two attached hydrogens (primary N) is 2. The summed E-state index contributed by atoms with van der Waals surface area (Å²) in [5, 5.41) is 0. The maximum absolute atomic E-state index is 6.56. The van der Waals surface area contributed by atoms with Crippen LogP contribution in [-0.4, -0.2) is 13.1 Å². The molecule has 0 saturated heterocycles. The van der Waals surface area contributed by atoms with Gasteiger partial charge in [-0.3, -0.25) is 4.48 Å². The Morgan fingerprint density at radius 2 is 1.19 bits per heavy atom. The first-order valence-corrected chi connectivity index (χ1v) is 11.8. The molecule has 1 aliphatic carbocycles. The lowest BCUT2D eigenvalue weighted by Crippen LogP contribution is -2.50. The summed E-state index contributed by atoms with van der Waals surface area (Å²) in [4.78, 5) is 0. The molecule has 0 aromatic heterocycles. The van der Waals surface area contributed by atoms with Crippen LogP contribution in [0.5, 0.6) is 0 Å². The fourth-order valence-electron chi connectivity index (χ4n) is 4.03. The molecule has 26 heavy (non-hydrogen) atoms. The molecule has 0 spiro atoms. The van der Waals surface area contributed by atoms with E-state index in [4.69, 9.17) is 11.5 Å². The van der Waals surface area contributed by atoms with E-state index in [2.05, 4.69) is 82.9 Å². The number of hydrogen-bond donors (Lipinski definition) is 2. The Morgan fingerprint density at radius 3 is 1.62 bits per heavy atom. The minimum Gasteiger partial charge on any atom is -0.393 e. The van der Waals surface area contributed by atoms with Crippen LogP contribution in [0.1, 0.15) is 32.1 Å². The molecule has 2 aromatic carbocycles. The fourth-order valence-corrected chi connectivity index (χ4v) is 6.44. The number of anilines is 2. The molecule has 0 heterocycles. The van der Waals surface area contributed by atoms with Crippen LogP contribution in [0.25, 0.3) is 0 Å². The van der Waals surface area contributed by atoms with E-state index < -0.39 is 0 Å². The Hall–Kier alpha value is -0.0800. The average molecular weight is 612 g/mol. The highest BCUT2D eigenvalue weighted by atomic mass is 79.9. The maximum Gasteiger partial charge on any atom is 0.163 e. The minimum atomic E-state index is 0.427. The zero-order valence-electron chi connectivity index (χ0n) is 14.5. The van der Waals surface area contributed by atoms with Gasteiger partial charge in [0.25, 0.3) is 0 Å². The predicted molar refractivity (Wildman–Crippen MR) is 127 cm³/mol. The van der Waals surface area contributed by atoms with Crippen LogP contribution in [0.4, 0.5) is 22.7 Å². The summed E-state index contributed by atoms with van der Waals surface area (Å²) < 4.78 is 4.39. The largest absolute Gasteiger partial charge is 0.393 e. The van der Waals surface area contributed by atoms with Crippen molar-refractivity contribution >= 4 is 86.5 Å². The van der Waals surface area contributed by atoms with Gasteiger partial charge < -0.3 is 11.5 Å². The third-order valence-corrected chi connectivity index (χ3v) is 7.68. The van der Waals surface area contributed by atoms with Crippen molar-refractivity contribution in [2.75, 3.05) is 18.5 Å². The molecule has 0 unspecified atom stereocenters. The molecule has 0 amide bonds. The molecule has 0 aliphatic heterocycles. The molecule has 3 rings (SSSR count). The summed E-state index contributed by atoms with van der Waals surface area (Å²) >= 11 is 14.5. The zero-order chi connectivity index (χ0) is 19.1. The average Bonchev–Trinajstić information content (AvgIpc) is 2.61. The van der Waals surface area contributed by atoms with Crippen molar-refractivity contribution in [3.8, 4) is 0 Å². The number of rotatable bonds is 3. The van der Waals surface area contributed by atoms with E-state index in [0.29, 0.717) is 10.5 Å². The van der Waals surface area contributed by atoms with Gasteiger partial charge in [0.2, 0.25) is 0 Å². The van der Waals surface area contributed by atoms with E-state index in [0.717, 1.165) is 53.5 Å². The quantitative estimate of drug-likeness (QED) is 0.279. The van der Waals surface area contributed by atoms with Crippen molar-refractivity contribution in [1.82, 2.24) is 4.48 Å². The highest BCUT2D eigenvalue weighted by molar-refractivity contribution is 9.11. The van der Waals surface area contributed by atoms with Crippen molar-refractivity contribution in [3.63, 3.8) is 0 Å². The lowest BCUT2D eigenvalue weighted by atomic mass is 9.91. The third-order valence-electron chi connectivity index (χ3n) is 5.45. The number of quaternary nitrogens is 1. The third kappa shape index (κ3) is 3.75. The molecule has 4 N–H and O–H groups in total. The number of hydrogen-bond acceptors (Lipinski definition) is 2. The van der Waals surface area contributed by atoms with Gasteiger partial charge in [-0.1, -0.05) is 38.3 Å². The summed E-state index contributed by atoms with van der Waals surface area (Å²) in [6.07, 6.45) is 6.09. The standard InChI is InChI=1S/C19H22Br4N3/c1-26(13-5-3-2-4-6-13,16-9-11(20)7-14(22)18(16)24)17-10-12(21)8-15(23)19(17)25/h7-10,13H,2-6,24-25H2,1H3/q+1. The molecule has 0 atom stereocenters. The van der Waals surface area contributed by atoms with Crippen molar-refractivity contribution in [3.05, 3.63) is 42.2 Å². The van der Waals surface area contributed by atoms with Crippen molar-refractivity contribution in [1.29, 1.82) is 0 Å². The molecule has 7 heteroatoms. The Bertz CT molecular complexity index is 775. The van der Waals surface area contributed by atoms with E-state index in [1.54, 1.807) is 0 Å². The van der Waals surface area contributed by atoms with Crippen LogP contribution in [0, 0.1) is 0 Å². The summed E-state index contributed by atoms with van der Waals surface area (Å²) in [7, 11) is 2.24. The predicted octanol–water partition coefficient (Wildman–Crippen LogP) is 7.50. The van der Waals surface area contributed by atoms with E-state index in [9.17, 15) is 0 Å². The van der Waals surface area contributed by atoms with Gasteiger partial charge in [-0.05, 0) is 56.8 Å². The minimum absolute atomic E-state index is 0.427. The van der Waals surface area contributed by atoms with Gasteiger partial charge in [-0.25, -0.2) is 0 Å². The number of nitrogen functional groups attached to an aromatic ring is 2. The van der Waals surface area contributed by atoms with Gasteiger partial charge in [0.05, 0.1) is 13.1 Å². The molecule has 1 aliphatic rings. The Morgan fingerprint density at radius 1 is 0.769 bits per heavy atom. The van der Waals surface area contributed by atoms with E-state index in [-0.39, 0.29) is 0 Å². The highest BCUT2D eigenvalue weighted by Gasteiger charge is 2.42. The summed E-state index contributed by atoms with van der Waals surface area (Å²) in [6, 6.07) is 8.66. The Labute approximate surface area is 188 Å². The first kappa shape index (κ1) is 20.6. The normalized spacial score (nSPS) is 16.0. The van der Waals surface area contributed by atoms with Crippen LogP contribution in [0.15, 0.2) is 42.2 Å². The molecular formula is C19H22Br4N3+. The van der Waals surface area contributed by atoms with Gasteiger partial charge in [-0.15, -0.1) is 0 Å². The van der Waals surface area contributed by atoms with Crippen LogP contribution in [0.3, 0.4) is 0 Å². The Balaban J connectivity index is 2.31. The van der Waals surface area contributed by atoms with Crippen LogP contribution < -0.4 is 16.0 Å². The van der Waals surface area contributed by atoms with E-state index in [1.807, 2.05) is 12.1 Å². The summed E-state index contributed by atoms with van der Waals surface area (Å²) in [6.45, 7) is 0. The molecule has 1 fully saturated rings. The monoisotopic (exact) mass is 608 g/mol. The molecule has 1 saturated carbocycles. The van der Waals surface area contributed by atoms with Crippen molar-refractivity contribution in [2.24, 2.45) is 0 Å². The summed E-state index contributed by atoms with van der Waals surface area (Å²) in [5.74, 6) is 0.